The lowest BCUT2D eigenvalue weighted by molar-refractivity contribution is 0.386. The molecule has 1 heterocycles. The van der Waals surface area contributed by atoms with Crippen molar-refractivity contribution < 1.29 is 22.3 Å². The van der Waals surface area contributed by atoms with Crippen LogP contribution in [0.5, 0.6) is 11.5 Å². The molecule has 1 aliphatic heterocycles. The SMILES string of the molecule is COc1ccc(S(=O)(=O)N2c3cccc(F)c3-c3ccccc3C2C)c(OC)c1. The summed E-state index contributed by atoms with van der Waals surface area (Å²) < 4.78 is 54.1. The lowest BCUT2D eigenvalue weighted by atomic mass is 9.90. The van der Waals surface area contributed by atoms with Crippen molar-refractivity contribution >= 4 is 15.7 Å². The summed E-state index contributed by atoms with van der Waals surface area (Å²) in [7, 11) is -1.17. The van der Waals surface area contributed by atoms with Crippen molar-refractivity contribution in [3.63, 3.8) is 0 Å². The maximum absolute atomic E-state index is 14.8. The van der Waals surface area contributed by atoms with Crippen LogP contribution in [-0.2, 0) is 10.0 Å². The van der Waals surface area contributed by atoms with Crippen molar-refractivity contribution in [2.24, 2.45) is 0 Å². The fourth-order valence-corrected chi connectivity index (χ4v) is 5.61. The van der Waals surface area contributed by atoms with Gasteiger partial charge in [0.25, 0.3) is 10.0 Å². The van der Waals surface area contributed by atoms with Gasteiger partial charge < -0.3 is 9.47 Å². The number of hydrogen-bond acceptors (Lipinski definition) is 4. The number of rotatable bonds is 4. The van der Waals surface area contributed by atoms with Gasteiger partial charge in [-0.05, 0) is 42.3 Å². The number of hydrogen-bond donors (Lipinski definition) is 0. The summed E-state index contributed by atoms with van der Waals surface area (Å²) in [5.74, 6) is 0.168. The Labute approximate surface area is 169 Å². The molecule has 0 saturated carbocycles. The first-order valence-electron chi connectivity index (χ1n) is 9.04. The van der Waals surface area contributed by atoms with E-state index in [0.717, 1.165) is 5.56 Å². The van der Waals surface area contributed by atoms with Gasteiger partial charge in [0.1, 0.15) is 22.2 Å². The third kappa shape index (κ3) is 2.93. The standard InChI is InChI=1S/C22H20FNO4S/c1-14-16-7-4-5-8-17(16)22-18(23)9-6-10-19(22)24(14)29(25,26)21-12-11-15(27-2)13-20(21)28-3/h4-14H,1-3H3. The molecular weight excluding hydrogens is 393 g/mol. The van der Waals surface area contributed by atoms with Gasteiger partial charge in [-0.3, -0.25) is 4.31 Å². The van der Waals surface area contributed by atoms with E-state index in [1.54, 1.807) is 19.1 Å². The van der Waals surface area contributed by atoms with Gasteiger partial charge in [0.2, 0.25) is 0 Å². The molecule has 3 aromatic carbocycles. The molecule has 0 aromatic heterocycles. The Morgan fingerprint density at radius 2 is 1.72 bits per heavy atom. The minimum absolute atomic E-state index is 0.0118. The molecule has 7 heteroatoms. The quantitative estimate of drug-likeness (QED) is 0.618. The monoisotopic (exact) mass is 413 g/mol. The molecule has 0 saturated heterocycles. The highest BCUT2D eigenvalue weighted by Gasteiger charge is 2.39. The Balaban J connectivity index is 1.97. The van der Waals surface area contributed by atoms with Crippen molar-refractivity contribution in [2.75, 3.05) is 18.5 Å². The van der Waals surface area contributed by atoms with Crippen LogP contribution in [0.3, 0.4) is 0 Å². The second-order valence-corrected chi connectivity index (χ2v) is 8.50. The zero-order chi connectivity index (χ0) is 20.8. The van der Waals surface area contributed by atoms with Gasteiger partial charge in [-0.15, -0.1) is 0 Å². The fraction of sp³-hybridized carbons (Fsp3) is 0.182. The van der Waals surface area contributed by atoms with E-state index in [9.17, 15) is 12.8 Å². The van der Waals surface area contributed by atoms with Crippen LogP contribution in [0, 0.1) is 5.82 Å². The van der Waals surface area contributed by atoms with Crippen LogP contribution in [0.1, 0.15) is 18.5 Å². The first-order chi connectivity index (χ1) is 13.9. The van der Waals surface area contributed by atoms with E-state index in [1.165, 1.54) is 42.8 Å². The van der Waals surface area contributed by atoms with E-state index in [1.807, 2.05) is 24.3 Å². The highest BCUT2D eigenvalue weighted by Crippen LogP contribution is 2.48. The summed E-state index contributed by atoms with van der Waals surface area (Å²) in [5.41, 5.74) is 2.01. The molecule has 1 atom stereocenters. The van der Waals surface area contributed by atoms with Gasteiger partial charge in [0.05, 0.1) is 25.9 Å². The molecule has 1 unspecified atom stereocenters. The zero-order valence-electron chi connectivity index (χ0n) is 16.2. The summed E-state index contributed by atoms with van der Waals surface area (Å²) in [6, 6.07) is 15.7. The van der Waals surface area contributed by atoms with Gasteiger partial charge >= 0.3 is 0 Å². The largest absolute Gasteiger partial charge is 0.497 e. The summed E-state index contributed by atoms with van der Waals surface area (Å²) in [6.07, 6.45) is 0. The molecule has 0 amide bonds. The number of fused-ring (bicyclic) bond motifs is 3. The predicted octanol–water partition coefficient (Wildman–Crippen LogP) is 4.78. The number of methoxy groups -OCH3 is 2. The van der Waals surface area contributed by atoms with Crippen molar-refractivity contribution in [1.29, 1.82) is 0 Å². The Hall–Kier alpha value is -3.06. The van der Waals surface area contributed by atoms with Crippen molar-refractivity contribution in [3.05, 3.63) is 72.0 Å². The Kier molecular flexibility index (Phi) is 4.70. The topological polar surface area (TPSA) is 55.8 Å². The van der Waals surface area contributed by atoms with Crippen LogP contribution < -0.4 is 13.8 Å². The Morgan fingerprint density at radius 1 is 0.966 bits per heavy atom. The number of sulfonamides is 1. The number of halogens is 1. The molecule has 0 bridgehead atoms. The Bertz CT molecular complexity index is 1190. The van der Waals surface area contributed by atoms with Crippen LogP contribution >= 0.6 is 0 Å². The number of anilines is 1. The van der Waals surface area contributed by atoms with Gasteiger partial charge in [-0.1, -0.05) is 30.3 Å². The third-order valence-electron chi connectivity index (χ3n) is 5.17. The van der Waals surface area contributed by atoms with Crippen LogP contribution in [0.2, 0.25) is 0 Å². The number of benzene rings is 3. The average Bonchev–Trinajstić information content (AvgIpc) is 2.73. The summed E-state index contributed by atoms with van der Waals surface area (Å²) in [4.78, 5) is -0.0118. The first kappa shape index (κ1) is 19.3. The molecule has 0 N–H and O–H groups in total. The second kappa shape index (κ2) is 7.08. The second-order valence-electron chi connectivity index (χ2n) is 6.71. The highest BCUT2D eigenvalue weighted by atomic mass is 32.2. The zero-order valence-corrected chi connectivity index (χ0v) is 17.0. The fourth-order valence-electron chi connectivity index (χ4n) is 3.82. The van der Waals surface area contributed by atoms with Crippen LogP contribution in [0.25, 0.3) is 11.1 Å². The molecule has 3 aromatic rings. The Morgan fingerprint density at radius 3 is 2.45 bits per heavy atom. The van der Waals surface area contributed by atoms with E-state index < -0.39 is 21.9 Å². The maximum atomic E-state index is 14.8. The molecule has 1 aliphatic rings. The van der Waals surface area contributed by atoms with Gasteiger partial charge in [-0.25, -0.2) is 12.8 Å². The van der Waals surface area contributed by atoms with E-state index in [0.29, 0.717) is 17.0 Å². The maximum Gasteiger partial charge on any atom is 0.268 e. The molecule has 0 fully saturated rings. The lowest BCUT2D eigenvalue weighted by Crippen LogP contribution is -2.36. The normalized spacial score (nSPS) is 15.4. The highest BCUT2D eigenvalue weighted by molar-refractivity contribution is 7.93. The first-order valence-corrected chi connectivity index (χ1v) is 10.5. The smallest absolute Gasteiger partial charge is 0.268 e. The predicted molar refractivity (Wildman–Crippen MR) is 109 cm³/mol. The van der Waals surface area contributed by atoms with Gasteiger partial charge in [-0.2, -0.15) is 0 Å². The molecule has 4 rings (SSSR count). The van der Waals surface area contributed by atoms with Crippen molar-refractivity contribution in [1.82, 2.24) is 0 Å². The van der Waals surface area contributed by atoms with E-state index in [4.69, 9.17) is 9.47 Å². The average molecular weight is 413 g/mol. The minimum Gasteiger partial charge on any atom is -0.497 e. The van der Waals surface area contributed by atoms with Crippen LogP contribution in [-0.4, -0.2) is 22.6 Å². The summed E-state index contributed by atoms with van der Waals surface area (Å²) in [6.45, 7) is 1.79. The van der Waals surface area contributed by atoms with E-state index in [-0.39, 0.29) is 16.2 Å². The van der Waals surface area contributed by atoms with Gasteiger partial charge in [0.15, 0.2) is 0 Å². The van der Waals surface area contributed by atoms with Crippen LogP contribution in [0.15, 0.2) is 65.6 Å². The molecular formula is C22H20FNO4S. The molecule has 5 nitrogen and oxygen atoms in total. The van der Waals surface area contributed by atoms with Gasteiger partial charge in [0, 0.05) is 11.6 Å². The van der Waals surface area contributed by atoms with E-state index >= 15 is 0 Å². The number of nitrogens with zero attached hydrogens (tertiary/aromatic N) is 1. The summed E-state index contributed by atoms with van der Waals surface area (Å²) in [5, 5.41) is 0. The van der Waals surface area contributed by atoms with Crippen molar-refractivity contribution in [2.45, 2.75) is 17.9 Å². The lowest BCUT2D eigenvalue weighted by Gasteiger charge is -2.37. The molecule has 0 spiro atoms. The number of ether oxygens (including phenoxy) is 2. The minimum atomic E-state index is -4.07. The molecule has 150 valence electrons. The van der Waals surface area contributed by atoms with Crippen molar-refractivity contribution in [3.8, 4) is 22.6 Å². The third-order valence-corrected chi connectivity index (χ3v) is 7.09. The molecule has 29 heavy (non-hydrogen) atoms. The van der Waals surface area contributed by atoms with Crippen LogP contribution in [0.4, 0.5) is 10.1 Å². The molecule has 0 aliphatic carbocycles. The van der Waals surface area contributed by atoms with E-state index in [2.05, 4.69) is 0 Å². The summed E-state index contributed by atoms with van der Waals surface area (Å²) >= 11 is 0. The molecule has 0 radical (unpaired) electrons.